The molecule has 18 heavy (non-hydrogen) atoms. The summed E-state index contributed by atoms with van der Waals surface area (Å²) in [5, 5.41) is 3.20. The van der Waals surface area contributed by atoms with Gasteiger partial charge in [-0.15, -0.1) is 0 Å². The first-order valence-electron chi connectivity index (χ1n) is 6.03. The SMILES string of the molecule is CC(Cc1ccccc1F)NCCCS(C)(=O)=O. The molecule has 0 amide bonds. The van der Waals surface area contributed by atoms with E-state index in [1.54, 1.807) is 12.1 Å². The molecule has 0 radical (unpaired) electrons. The average molecular weight is 273 g/mol. The number of benzene rings is 1. The predicted molar refractivity (Wildman–Crippen MR) is 71.9 cm³/mol. The molecule has 0 fully saturated rings. The second kappa shape index (κ2) is 6.85. The molecule has 0 aliphatic heterocycles. The molecular formula is C13H20FNO2S. The average Bonchev–Trinajstić information content (AvgIpc) is 2.26. The van der Waals surface area contributed by atoms with Crippen molar-refractivity contribution in [3.63, 3.8) is 0 Å². The number of hydrogen-bond acceptors (Lipinski definition) is 3. The van der Waals surface area contributed by atoms with E-state index < -0.39 is 9.84 Å². The molecule has 0 aromatic heterocycles. The molecule has 0 saturated carbocycles. The Morgan fingerprint density at radius 1 is 1.33 bits per heavy atom. The highest BCUT2D eigenvalue weighted by Gasteiger charge is 2.07. The molecule has 0 heterocycles. The van der Waals surface area contributed by atoms with Crippen LogP contribution in [0.1, 0.15) is 18.9 Å². The van der Waals surface area contributed by atoms with Crippen molar-refractivity contribution in [1.29, 1.82) is 0 Å². The lowest BCUT2D eigenvalue weighted by Crippen LogP contribution is -2.30. The van der Waals surface area contributed by atoms with E-state index in [-0.39, 0.29) is 17.6 Å². The normalized spacial score (nSPS) is 13.5. The fourth-order valence-electron chi connectivity index (χ4n) is 1.75. The van der Waals surface area contributed by atoms with E-state index in [0.717, 1.165) is 0 Å². The monoisotopic (exact) mass is 273 g/mol. The minimum Gasteiger partial charge on any atom is -0.314 e. The summed E-state index contributed by atoms with van der Waals surface area (Å²) in [5.74, 6) is -0.00541. The number of halogens is 1. The molecule has 0 aliphatic carbocycles. The van der Waals surface area contributed by atoms with Crippen LogP contribution in [-0.4, -0.2) is 33.0 Å². The Labute approximate surface area is 108 Å². The maximum atomic E-state index is 13.4. The van der Waals surface area contributed by atoms with Crippen molar-refractivity contribution in [3.05, 3.63) is 35.6 Å². The van der Waals surface area contributed by atoms with Crippen LogP contribution in [0.25, 0.3) is 0 Å². The van der Waals surface area contributed by atoms with Crippen molar-refractivity contribution in [2.24, 2.45) is 0 Å². The summed E-state index contributed by atoms with van der Waals surface area (Å²) in [4.78, 5) is 0. The van der Waals surface area contributed by atoms with Gasteiger partial charge >= 0.3 is 0 Å². The van der Waals surface area contributed by atoms with Crippen LogP contribution in [0, 0.1) is 5.82 Å². The number of rotatable bonds is 7. The van der Waals surface area contributed by atoms with Crippen molar-refractivity contribution < 1.29 is 12.8 Å². The van der Waals surface area contributed by atoms with Gasteiger partial charge in [-0.05, 0) is 37.9 Å². The molecule has 0 aliphatic rings. The molecular weight excluding hydrogens is 253 g/mol. The molecule has 1 rings (SSSR count). The van der Waals surface area contributed by atoms with Crippen LogP contribution >= 0.6 is 0 Å². The quantitative estimate of drug-likeness (QED) is 0.770. The molecule has 102 valence electrons. The second-order valence-corrected chi connectivity index (χ2v) is 6.89. The van der Waals surface area contributed by atoms with Crippen LogP contribution in [0.2, 0.25) is 0 Å². The first-order chi connectivity index (χ1) is 8.38. The van der Waals surface area contributed by atoms with E-state index in [4.69, 9.17) is 0 Å². The van der Waals surface area contributed by atoms with Gasteiger partial charge in [0.1, 0.15) is 15.7 Å². The standard InChI is InChI=1S/C13H20FNO2S/c1-11(15-8-5-9-18(2,16)17)10-12-6-3-4-7-13(12)14/h3-4,6-7,11,15H,5,8-10H2,1-2H3. The van der Waals surface area contributed by atoms with Gasteiger partial charge in [0.05, 0.1) is 5.75 Å². The van der Waals surface area contributed by atoms with E-state index >= 15 is 0 Å². The summed E-state index contributed by atoms with van der Waals surface area (Å²) >= 11 is 0. The third kappa shape index (κ3) is 6.12. The van der Waals surface area contributed by atoms with Gasteiger partial charge in [-0.2, -0.15) is 0 Å². The van der Waals surface area contributed by atoms with Gasteiger partial charge in [0, 0.05) is 12.3 Å². The Morgan fingerprint density at radius 2 is 2.00 bits per heavy atom. The molecule has 5 heteroatoms. The first kappa shape index (κ1) is 15.1. The lowest BCUT2D eigenvalue weighted by atomic mass is 10.1. The van der Waals surface area contributed by atoms with Crippen LogP contribution < -0.4 is 5.32 Å². The van der Waals surface area contributed by atoms with Gasteiger partial charge < -0.3 is 5.32 Å². The molecule has 0 saturated heterocycles. The third-order valence-corrected chi connectivity index (χ3v) is 3.70. The highest BCUT2D eigenvalue weighted by atomic mass is 32.2. The number of sulfone groups is 1. The molecule has 1 atom stereocenters. The predicted octanol–water partition coefficient (Wildman–Crippen LogP) is 1.78. The molecule has 0 spiro atoms. The Kier molecular flexibility index (Phi) is 5.75. The van der Waals surface area contributed by atoms with E-state index in [0.29, 0.717) is 24.9 Å². The largest absolute Gasteiger partial charge is 0.314 e. The summed E-state index contributed by atoms with van der Waals surface area (Å²) in [6.07, 6.45) is 2.42. The van der Waals surface area contributed by atoms with E-state index in [1.807, 2.05) is 13.0 Å². The highest BCUT2D eigenvalue weighted by molar-refractivity contribution is 7.90. The van der Waals surface area contributed by atoms with Crippen molar-refractivity contribution >= 4 is 9.84 Å². The topological polar surface area (TPSA) is 46.2 Å². The van der Waals surface area contributed by atoms with E-state index in [9.17, 15) is 12.8 Å². The van der Waals surface area contributed by atoms with Crippen LogP contribution in [0.4, 0.5) is 4.39 Å². The smallest absolute Gasteiger partial charge is 0.147 e. The summed E-state index contributed by atoms with van der Waals surface area (Å²) in [6.45, 7) is 2.59. The van der Waals surface area contributed by atoms with Crippen molar-refractivity contribution in [1.82, 2.24) is 5.32 Å². The maximum absolute atomic E-state index is 13.4. The maximum Gasteiger partial charge on any atom is 0.147 e. The second-order valence-electron chi connectivity index (χ2n) is 4.63. The fraction of sp³-hybridized carbons (Fsp3) is 0.538. The van der Waals surface area contributed by atoms with Crippen molar-refractivity contribution in [2.45, 2.75) is 25.8 Å². The molecule has 3 nitrogen and oxygen atoms in total. The van der Waals surface area contributed by atoms with Gasteiger partial charge in [0.15, 0.2) is 0 Å². The van der Waals surface area contributed by atoms with E-state index in [1.165, 1.54) is 12.3 Å². The van der Waals surface area contributed by atoms with Crippen molar-refractivity contribution in [2.75, 3.05) is 18.6 Å². The van der Waals surface area contributed by atoms with Gasteiger partial charge in [0.25, 0.3) is 0 Å². The number of nitrogens with one attached hydrogen (secondary N) is 1. The summed E-state index contributed by atoms with van der Waals surface area (Å²) in [7, 11) is -2.89. The fourth-order valence-corrected chi connectivity index (χ4v) is 2.42. The minimum atomic E-state index is -2.89. The molecule has 1 aromatic carbocycles. The Morgan fingerprint density at radius 3 is 2.61 bits per heavy atom. The Hall–Kier alpha value is -0.940. The third-order valence-electron chi connectivity index (χ3n) is 2.67. The molecule has 1 N–H and O–H groups in total. The highest BCUT2D eigenvalue weighted by Crippen LogP contribution is 2.08. The molecule has 1 aromatic rings. The molecule has 0 bridgehead atoms. The van der Waals surface area contributed by atoms with Gasteiger partial charge in [-0.1, -0.05) is 18.2 Å². The van der Waals surface area contributed by atoms with Gasteiger partial charge in [-0.25, -0.2) is 12.8 Å². The Balaban J connectivity index is 2.30. The van der Waals surface area contributed by atoms with Crippen LogP contribution in [0.15, 0.2) is 24.3 Å². The van der Waals surface area contributed by atoms with Crippen LogP contribution in [0.5, 0.6) is 0 Å². The zero-order chi connectivity index (χ0) is 13.6. The summed E-state index contributed by atoms with van der Waals surface area (Å²) in [5.41, 5.74) is 0.681. The zero-order valence-corrected chi connectivity index (χ0v) is 11.6. The van der Waals surface area contributed by atoms with Crippen molar-refractivity contribution in [3.8, 4) is 0 Å². The Bertz CT molecular complexity index is 474. The van der Waals surface area contributed by atoms with Crippen LogP contribution in [0.3, 0.4) is 0 Å². The van der Waals surface area contributed by atoms with E-state index in [2.05, 4.69) is 5.32 Å². The lowest BCUT2D eigenvalue weighted by Gasteiger charge is -2.14. The van der Waals surface area contributed by atoms with Gasteiger partial charge in [-0.3, -0.25) is 0 Å². The first-order valence-corrected chi connectivity index (χ1v) is 8.09. The summed E-state index contributed by atoms with van der Waals surface area (Å²) < 4.78 is 35.3. The lowest BCUT2D eigenvalue weighted by molar-refractivity contribution is 0.523. The summed E-state index contributed by atoms with van der Waals surface area (Å²) in [6, 6.07) is 6.83. The molecule has 1 unspecified atom stereocenters. The van der Waals surface area contributed by atoms with Gasteiger partial charge in [0.2, 0.25) is 0 Å². The minimum absolute atomic E-state index is 0.126. The number of hydrogen-bond donors (Lipinski definition) is 1. The zero-order valence-electron chi connectivity index (χ0n) is 10.8. The van der Waals surface area contributed by atoms with Crippen LogP contribution in [-0.2, 0) is 16.3 Å².